The molecule has 1 unspecified atom stereocenters. The molecule has 0 fully saturated rings. The van der Waals surface area contributed by atoms with E-state index in [9.17, 15) is 0 Å². The molecule has 0 aliphatic carbocycles. The Hall–Kier alpha value is -1.02. The zero-order chi connectivity index (χ0) is 31.3. The van der Waals surface area contributed by atoms with Gasteiger partial charge in [0.25, 0.3) is 5.84 Å². The standard InChI is InChI=1S/C42H77N2.ClH/c1-4-6-8-10-12-14-16-18-20-22-24-26-28-33-37-43-39-40(3)44(42(43)41-35-31-30-32-36-41)38-34-29-27-25-23-21-19-17-15-13-11-9-7-5-2;/h30-32,35-36,40H,4-29,33-34,37-39H2,1-3H3;1H/q+1;/p-1. The van der Waals surface area contributed by atoms with Crippen LogP contribution in [0.3, 0.4) is 0 Å². The van der Waals surface area contributed by atoms with Crippen LogP contribution in [-0.2, 0) is 0 Å². The van der Waals surface area contributed by atoms with Crippen LogP contribution >= 0.6 is 0 Å². The first-order chi connectivity index (χ1) is 21.8. The number of rotatable bonds is 31. The number of benzene rings is 1. The van der Waals surface area contributed by atoms with E-state index < -0.39 is 0 Å². The Morgan fingerprint density at radius 2 is 0.867 bits per heavy atom. The van der Waals surface area contributed by atoms with Crippen LogP contribution in [0.15, 0.2) is 30.3 Å². The Morgan fingerprint density at radius 1 is 0.511 bits per heavy atom. The van der Waals surface area contributed by atoms with E-state index in [1.165, 1.54) is 211 Å². The third-order valence-corrected chi connectivity index (χ3v) is 10.2. The van der Waals surface area contributed by atoms with Gasteiger partial charge >= 0.3 is 0 Å². The fourth-order valence-corrected chi connectivity index (χ4v) is 7.33. The minimum atomic E-state index is 0. The van der Waals surface area contributed by atoms with Crippen LogP contribution in [0.25, 0.3) is 0 Å². The Labute approximate surface area is 289 Å². The SMILES string of the molecule is CCCCCCCCCCCCCCCCN1C(c2ccccc2)=[N+](CCCCCCCCCCCCCCCC)CC1C.[Cl-]. The molecule has 45 heavy (non-hydrogen) atoms. The summed E-state index contributed by atoms with van der Waals surface area (Å²) in [6.45, 7) is 10.7. The zero-order valence-electron chi connectivity index (χ0n) is 30.7. The summed E-state index contributed by atoms with van der Waals surface area (Å²) >= 11 is 0. The largest absolute Gasteiger partial charge is 1.00 e. The molecular formula is C42H77ClN2. The molecule has 0 N–H and O–H groups in total. The van der Waals surface area contributed by atoms with Crippen molar-refractivity contribution in [1.29, 1.82) is 0 Å². The van der Waals surface area contributed by atoms with E-state index in [2.05, 4.69) is 60.6 Å². The number of unbranched alkanes of at least 4 members (excludes halogenated alkanes) is 26. The monoisotopic (exact) mass is 645 g/mol. The van der Waals surface area contributed by atoms with E-state index in [-0.39, 0.29) is 12.4 Å². The van der Waals surface area contributed by atoms with Gasteiger partial charge in [-0.1, -0.05) is 186 Å². The summed E-state index contributed by atoms with van der Waals surface area (Å²) in [5.41, 5.74) is 1.42. The predicted octanol–water partition coefficient (Wildman–Crippen LogP) is 10.1. The fourth-order valence-electron chi connectivity index (χ4n) is 7.33. The predicted molar refractivity (Wildman–Crippen MR) is 197 cm³/mol. The number of halogens is 1. The van der Waals surface area contributed by atoms with Crippen LogP contribution in [0.4, 0.5) is 0 Å². The van der Waals surface area contributed by atoms with E-state index in [1.54, 1.807) is 0 Å². The molecule has 0 radical (unpaired) electrons. The van der Waals surface area contributed by atoms with Gasteiger partial charge in [-0.25, -0.2) is 0 Å². The van der Waals surface area contributed by atoms with Crippen molar-refractivity contribution in [2.24, 2.45) is 0 Å². The molecule has 0 saturated heterocycles. The first-order valence-corrected chi connectivity index (χ1v) is 20.2. The normalized spacial score (nSPS) is 14.8. The molecule has 1 aromatic rings. The number of hydrogen-bond acceptors (Lipinski definition) is 1. The van der Waals surface area contributed by atoms with Gasteiger partial charge in [0, 0.05) is 0 Å². The topological polar surface area (TPSA) is 6.25 Å². The highest BCUT2D eigenvalue weighted by molar-refractivity contribution is 5.95. The number of amidine groups is 1. The van der Waals surface area contributed by atoms with E-state index in [1.807, 2.05) is 0 Å². The molecule has 0 amide bonds. The second-order valence-corrected chi connectivity index (χ2v) is 14.4. The number of nitrogens with zero attached hydrogens (tertiary/aromatic N) is 2. The summed E-state index contributed by atoms with van der Waals surface area (Å²) in [5.74, 6) is 1.52. The first kappa shape index (κ1) is 42.0. The lowest BCUT2D eigenvalue weighted by Crippen LogP contribution is -3.00. The molecule has 1 aliphatic heterocycles. The Bertz CT molecular complexity index is 791. The molecule has 0 saturated carbocycles. The van der Waals surface area contributed by atoms with Gasteiger partial charge in [-0.2, -0.15) is 0 Å². The average molecular weight is 646 g/mol. The average Bonchev–Trinajstić information content (AvgIpc) is 3.36. The van der Waals surface area contributed by atoms with Crippen LogP contribution < -0.4 is 12.4 Å². The summed E-state index contributed by atoms with van der Waals surface area (Å²) < 4.78 is 2.73. The van der Waals surface area contributed by atoms with Crippen LogP contribution in [0, 0.1) is 0 Å². The molecule has 1 heterocycles. The van der Waals surface area contributed by atoms with Crippen molar-refractivity contribution in [3.63, 3.8) is 0 Å². The van der Waals surface area contributed by atoms with Gasteiger partial charge < -0.3 is 12.4 Å². The van der Waals surface area contributed by atoms with Gasteiger partial charge in [-0.05, 0) is 44.7 Å². The molecule has 0 spiro atoms. The van der Waals surface area contributed by atoms with E-state index in [4.69, 9.17) is 0 Å². The lowest BCUT2D eigenvalue weighted by Gasteiger charge is -2.18. The number of hydrogen-bond donors (Lipinski definition) is 0. The van der Waals surface area contributed by atoms with Gasteiger partial charge in [0.15, 0.2) is 0 Å². The summed E-state index contributed by atoms with van der Waals surface area (Å²) in [5, 5.41) is 0. The van der Waals surface area contributed by atoms with Crippen LogP contribution in [-0.4, -0.2) is 41.0 Å². The van der Waals surface area contributed by atoms with Crippen LogP contribution in [0.2, 0.25) is 0 Å². The van der Waals surface area contributed by atoms with Crippen molar-refractivity contribution in [2.45, 2.75) is 207 Å². The molecule has 2 rings (SSSR count). The molecule has 2 nitrogen and oxygen atoms in total. The molecule has 1 aromatic carbocycles. The maximum Gasteiger partial charge on any atom is 0.279 e. The van der Waals surface area contributed by atoms with Crippen molar-refractivity contribution in [3.05, 3.63) is 35.9 Å². The molecule has 0 aromatic heterocycles. The van der Waals surface area contributed by atoms with Gasteiger partial charge in [0.1, 0.15) is 12.6 Å². The quantitative estimate of drug-likeness (QED) is 0.0576. The van der Waals surface area contributed by atoms with Crippen molar-refractivity contribution in [1.82, 2.24) is 4.90 Å². The third-order valence-electron chi connectivity index (χ3n) is 10.2. The van der Waals surface area contributed by atoms with Crippen molar-refractivity contribution in [2.75, 3.05) is 19.6 Å². The van der Waals surface area contributed by atoms with Crippen molar-refractivity contribution < 1.29 is 17.0 Å². The summed E-state index contributed by atoms with van der Waals surface area (Å²) in [6.07, 6.45) is 40.1. The smallest absolute Gasteiger partial charge is 0.279 e. The highest BCUT2D eigenvalue weighted by Gasteiger charge is 2.36. The van der Waals surface area contributed by atoms with E-state index in [0.29, 0.717) is 6.04 Å². The Morgan fingerprint density at radius 3 is 1.27 bits per heavy atom. The first-order valence-electron chi connectivity index (χ1n) is 20.2. The summed E-state index contributed by atoms with van der Waals surface area (Å²) in [4.78, 5) is 2.75. The fraction of sp³-hybridized carbons (Fsp3) is 0.833. The molecule has 1 atom stereocenters. The summed E-state index contributed by atoms with van der Waals surface area (Å²) in [7, 11) is 0. The maximum atomic E-state index is 2.75. The van der Waals surface area contributed by atoms with Gasteiger partial charge in [0.05, 0.1) is 18.7 Å². The molecule has 0 bridgehead atoms. The molecular weight excluding hydrogens is 568 g/mol. The molecule has 262 valence electrons. The maximum absolute atomic E-state index is 2.75. The van der Waals surface area contributed by atoms with Crippen LogP contribution in [0.1, 0.15) is 206 Å². The van der Waals surface area contributed by atoms with E-state index in [0.717, 1.165) is 0 Å². The Kier molecular flexibility index (Phi) is 28.3. The zero-order valence-corrected chi connectivity index (χ0v) is 31.4. The van der Waals surface area contributed by atoms with Gasteiger partial charge in [-0.3, -0.25) is 9.48 Å². The second-order valence-electron chi connectivity index (χ2n) is 14.4. The highest BCUT2D eigenvalue weighted by Crippen LogP contribution is 2.20. The minimum absolute atomic E-state index is 0. The second kappa shape index (κ2) is 30.3. The van der Waals surface area contributed by atoms with Crippen molar-refractivity contribution in [3.8, 4) is 0 Å². The highest BCUT2D eigenvalue weighted by atomic mass is 35.5. The Balaban J connectivity index is 0.0000101. The molecule has 3 heteroatoms. The molecule has 1 aliphatic rings. The lowest BCUT2D eigenvalue weighted by atomic mass is 10.0. The lowest BCUT2D eigenvalue weighted by molar-refractivity contribution is -0.521. The third kappa shape index (κ3) is 20.7. The summed E-state index contributed by atoms with van der Waals surface area (Å²) in [6, 6.07) is 11.9. The minimum Gasteiger partial charge on any atom is -1.00 e. The van der Waals surface area contributed by atoms with Crippen molar-refractivity contribution >= 4 is 5.84 Å². The van der Waals surface area contributed by atoms with Gasteiger partial charge in [0.2, 0.25) is 0 Å². The van der Waals surface area contributed by atoms with Crippen LogP contribution in [0.5, 0.6) is 0 Å². The van der Waals surface area contributed by atoms with E-state index >= 15 is 0 Å². The van der Waals surface area contributed by atoms with Gasteiger partial charge in [-0.15, -0.1) is 0 Å².